The number of aliphatic hydroxyl groups is 17. The summed E-state index contributed by atoms with van der Waals surface area (Å²) in [5.41, 5.74) is 0. The van der Waals surface area contributed by atoms with Gasteiger partial charge in [0, 0.05) is 34.1 Å². The van der Waals surface area contributed by atoms with E-state index in [1.165, 1.54) is 6.92 Å². The molecule has 5 rings (SSSR count). The molecule has 84 heavy (non-hydrogen) atoms. The van der Waals surface area contributed by atoms with Crippen molar-refractivity contribution in [3.8, 4) is 0 Å². The number of hydrogen-bond donors (Lipinski definition) is 22. The van der Waals surface area contributed by atoms with E-state index in [9.17, 15) is 116 Å². The van der Waals surface area contributed by atoms with Gasteiger partial charge in [-0.2, -0.15) is 0 Å². The van der Waals surface area contributed by atoms with Crippen molar-refractivity contribution in [2.24, 2.45) is 0 Å². The molecule has 0 aromatic carbocycles. The first kappa shape index (κ1) is 71.0. The number of carbonyl (C=O) groups is 5. The van der Waals surface area contributed by atoms with Crippen LogP contribution in [0.25, 0.3) is 0 Å². The third-order valence-electron chi connectivity index (χ3n) is 14.6. The Kier molecular flexibility index (Phi) is 26.2. The van der Waals surface area contributed by atoms with Crippen LogP contribution in [0, 0.1) is 0 Å². The molecule has 0 aliphatic carbocycles. The fourth-order valence-electron chi connectivity index (χ4n) is 10.3. The number of nitrogens with one attached hydrogen (secondary N) is 4. The second-order valence-corrected chi connectivity index (χ2v) is 20.9. The number of amides is 4. The molecule has 0 saturated carbocycles. The molecule has 4 amide bonds. The van der Waals surface area contributed by atoms with Gasteiger partial charge in [-0.15, -0.1) is 0 Å². The first-order valence-electron chi connectivity index (χ1n) is 26.5. The maximum Gasteiger partial charge on any atom is 0.364 e. The van der Waals surface area contributed by atoms with Crippen LogP contribution in [0.4, 0.5) is 0 Å². The van der Waals surface area contributed by atoms with E-state index in [4.69, 9.17) is 47.4 Å². The van der Waals surface area contributed by atoms with Gasteiger partial charge in [0.1, 0.15) is 128 Å². The smallest absolute Gasteiger partial charge is 0.364 e. The molecular formula is C47H80N4O33. The number of carboxylic acids is 1. The van der Waals surface area contributed by atoms with Crippen molar-refractivity contribution in [1.29, 1.82) is 0 Å². The summed E-state index contributed by atoms with van der Waals surface area (Å²) in [6.07, 6.45) is -51.8. The molecule has 486 valence electrons. The third-order valence-corrected chi connectivity index (χ3v) is 14.6. The van der Waals surface area contributed by atoms with E-state index in [1.54, 1.807) is 0 Å². The minimum Gasteiger partial charge on any atom is -0.477 e. The first-order valence-corrected chi connectivity index (χ1v) is 26.5. The Morgan fingerprint density at radius 2 is 1.11 bits per heavy atom. The van der Waals surface area contributed by atoms with E-state index in [0.717, 1.165) is 27.7 Å². The highest BCUT2D eigenvalue weighted by molar-refractivity contribution is 5.77. The topological polar surface area (TPSA) is 590 Å². The molecule has 0 radical (unpaired) electrons. The van der Waals surface area contributed by atoms with E-state index in [1.807, 2.05) is 0 Å². The number of aliphatic carboxylic acids is 1. The van der Waals surface area contributed by atoms with Crippen LogP contribution < -0.4 is 21.3 Å². The molecular weight excluding hydrogens is 1150 g/mol. The Hall–Kier alpha value is -3.73. The maximum absolute atomic E-state index is 13.1. The van der Waals surface area contributed by atoms with Gasteiger partial charge in [-0.05, 0) is 6.92 Å². The summed E-state index contributed by atoms with van der Waals surface area (Å²) >= 11 is 0. The van der Waals surface area contributed by atoms with E-state index in [0.29, 0.717) is 0 Å². The largest absolute Gasteiger partial charge is 0.477 e. The van der Waals surface area contributed by atoms with Crippen LogP contribution in [0.2, 0.25) is 0 Å². The summed E-state index contributed by atoms with van der Waals surface area (Å²) in [6, 6.07) is -6.98. The zero-order chi connectivity index (χ0) is 63.0. The van der Waals surface area contributed by atoms with E-state index < -0.39 is 259 Å². The molecule has 0 bridgehead atoms. The van der Waals surface area contributed by atoms with Crippen molar-refractivity contribution in [3.63, 3.8) is 0 Å². The minimum atomic E-state index is -3.25. The zero-order valence-corrected chi connectivity index (χ0v) is 45.9. The molecule has 37 nitrogen and oxygen atoms in total. The van der Waals surface area contributed by atoms with Crippen molar-refractivity contribution in [2.45, 2.75) is 224 Å². The lowest BCUT2D eigenvalue weighted by molar-refractivity contribution is -0.376. The van der Waals surface area contributed by atoms with Crippen LogP contribution in [0.1, 0.15) is 41.0 Å². The van der Waals surface area contributed by atoms with Gasteiger partial charge in [-0.3, -0.25) is 19.2 Å². The fourth-order valence-corrected chi connectivity index (χ4v) is 10.3. The molecule has 30 atom stereocenters. The minimum absolute atomic E-state index is 0.791. The first-order chi connectivity index (χ1) is 39.4. The molecule has 0 aromatic rings. The number of hydrogen-bond acceptors (Lipinski definition) is 32. The lowest BCUT2D eigenvalue weighted by Crippen LogP contribution is -2.71. The highest BCUT2D eigenvalue weighted by atomic mass is 16.8. The standard InChI is InChI=1S/C47H80N4O33/c1-13-28(64)34(70)35(71)44(76-13)82-40-27(51-17(5)60)42(79-24(11-56)38(40)81-43-26(50-16(4)59)33(69)31(67)22(9-54)77-43)75-12-21(63)30(66)37(18(7-52)48-14(2)57)80-45-36(72)41(32(68)23(10-55)78-45)84-47(46(73)74)6-19(61)25(49-15(3)58)39(83-47)29(65)20(62)8-53/h13,18-45,52-56,61-72H,6-12H2,1-5H3,(H,48,57)(H,49,58)(H,50,59)(H,51,60)(H,73,74)/t13-,18-,19-,20+,21+,22+,23+,24+,25+,26+,27+,28+,29+,30-,31-,32-,33+,34+,35-,36+,37+,38+,39+,40+,41-,42+,43-,44-,45-,47-/m0/s1. The number of ether oxygens (including phenoxy) is 10. The summed E-state index contributed by atoms with van der Waals surface area (Å²) in [5.74, 6) is -8.81. The molecule has 5 fully saturated rings. The maximum atomic E-state index is 13.1. The molecule has 5 heterocycles. The summed E-state index contributed by atoms with van der Waals surface area (Å²) < 4.78 is 58.5. The monoisotopic (exact) mass is 1230 g/mol. The summed E-state index contributed by atoms with van der Waals surface area (Å²) in [6.45, 7) is -1.47. The quantitative estimate of drug-likeness (QED) is 0.0382. The van der Waals surface area contributed by atoms with Gasteiger partial charge >= 0.3 is 5.97 Å². The number of aliphatic hydroxyl groups excluding tert-OH is 17. The predicted molar refractivity (Wildman–Crippen MR) is 264 cm³/mol. The van der Waals surface area contributed by atoms with Gasteiger partial charge in [-0.25, -0.2) is 4.79 Å². The van der Waals surface area contributed by atoms with E-state index in [2.05, 4.69) is 21.3 Å². The highest BCUT2D eigenvalue weighted by Gasteiger charge is 2.61. The average Bonchev–Trinajstić information content (AvgIpc) is 2.28. The third kappa shape index (κ3) is 16.5. The van der Waals surface area contributed by atoms with Crippen molar-refractivity contribution in [1.82, 2.24) is 21.3 Å². The number of carbonyl (C=O) groups excluding carboxylic acids is 4. The average molecular weight is 1230 g/mol. The van der Waals surface area contributed by atoms with Crippen LogP contribution >= 0.6 is 0 Å². The zero-order valence-electron chi connectivity index (χ0n) is 45.9. The summed E-state index contributed by atoms with van der Waals surface area (Å²) in [5, 5.41) is 204. The van der Waals surface area contributed by atoms with E-state index >= 15 is 0 Å². The van der Waals surface area contributed by atoms with Gasteiger partial charge in [0.2, 0.25) is 23.6 Å². The number of carboxylic acid groups (broad SMARTS) is 1. The molecule has 22 N–H and O–H groups in total. The van der Waals surface area contributed by atoms with Crippen LogP contribution in [0.15, 0.2) is 0 Å². The van der Waals surface area contributed by atoms with Crippen molar-refractivity contribution in [2.75, 3.05) is 39.6 Å². The van der Waals surface area contributed by atoms with Crippen molar-refractivity contribution < 1.29 is 163 Å². The highest BCUT2D eigenvalue weighted by Crippen LogP contribution is 2.39. The summed E-state index contributed by atoms with van der Waals surface area (Å²) in [4.78, 5) is 63.0. The normalized spacial score (nSPS) is 41.4. The number of rotatable bonds is 26. The Bertz CT molecular complexity index is 2150. The Morgan fingerprint density at radius 3 is 1.65 bits per heavy atom. The Labute approximate surface area is 477 Å². The van der Waals surface area contributed by atoms with Crippen molar-refractivity contribution in [3.05, 3.63) is 0 Å². The fraction of sp³-hybridized carbons (Fsp3) is 0.894. The lowest BCUT2D eigenvalue weighted by atomic mass is 9.88. The molecule has 0 spiro atoms. The van der Waals surface area contributed by atoms with Crippen LogP contribution in [-0.2, 0) is 71.3 Å². The predicted octanol–water partition coefficient (Wildman–Crippen LogP) is -13.7. The Morgan fingerprint density at radius 1 is 0.560 bits per heavy atom. The summed E-state index contributed by atoms with van der Waals surface area (Å²) in [7, 11) is 0. The van der Waals surface area contributed by atoms with E-state index in [-0.39, 0.29) is 0 Å². The second kappa shape index (κ2) is 30.9. The van der Waals surface area contributed by atoms with Crippen LogP contribution in [0.5, 0.6) is 0 Å². The lowest BCUT2D eigenvalue weighted by Gasteiger charge is -2.50. The van der Waals surface area contributed by atoms with Crippen LogP contribution in [0.3, 0.4) is 0 Å². The molecule has 5 aliphatic rings. The van der Waals surface area contributed by atoms with Gasteiger partial charge in [-0.1, -0.05) is 0 Å². The SMILES string of the molecule is CC(=O)N[C@H]1[C@H](O[C@H]2[C@H](O[C@@H]3O[C@@H](C)[C@@H](O)[C@@H](O)[C@@H]3O)[C@@H](NC(C)=O)[C@H](OC[C@@H](O)[C@H](O)[C@H](O[C@@H]3O[C@H](CO)[C@H](O)[C@H](O[C@]4(C(=O)O)C[C@H](O)[C@@H](NC(C)=O)[C@H]([C@H](O)[C@H](O)CO)O4)[C@H]3O)[C@H](CO)NC(C)=O)O[C@@H]2CO)O[C@H](CO)[C@H](O)[C@@H]1O. The van der Waals surface area contributed by atoms with Gasteiger partial charge in [0.05, 0.1) is 63.9 Å². The molecule has 0 unspecified atom stereocenters. The molecule has 37 heteroatoms. The molecule has 5 saturated heterocycles. The Balaban J connectivity index is 1.49. The molecule has 5 aliphatic heterocycles. The van der Waals surface area contributed by atoms with Gasteiger partial charge in [0.25, 0.3) is 5.79 Å². The van der Waals surface area contributed by atoms with Crippen molar-refractivity contribution >= 4 is 29.6 Å². The van der Waals surface area contributed by atoms with Gasteiger partial charge < -0.3 is 161 Å². The van der Waals surface area contributed by atoms with Crippen LogP contribution in [-0.4, -0.2) is 344 Å². The van der Waals surface area contributed by atoms with Gasteiger partial charge in [0.15, 0.2) is 25.2 Å². The second-order valence-electron chi connectivity index (χ2n) is 20.9. The molecule has 0 aromatic heterocycles.